The molecule has 0 fully saturated rings. The standard InChI is InChI=1S/C14H12ClF2N/c15-11-5-1-3-9(7-11)13(18)8-10-4-2-6-12(16)14(10)17/h1-7,13H,8,18H2. The molecular weight excluding hydrogens is 256 g/mol. The van der Waals surface area contributed by atoms with Crippen LogP contribution in [0.25, 0.3) is 0 Å². The Hall–Kier alpha value is -1.45. The van der Waals surface area contributed by atoms with Crippen molar-refractivity contribution in [3.8, 4) is 0 Å². The predicted octanol–water partition coefficient (Wildman–Crippen LogP) is 3.86. The van der Waals surface area contributed by atoms with E-state index >= 15 is 0 Å². The highest BCUT2D eigenvalue weighted by molar-refractivity contribution is 6.30. The molecule has 1 unspecified atom stereocenters. The minimum atomic E-state index is -0.856. The average molecular weight is 268 g/mol. The average Bonchev–Trinajstić information content (AvgIpc) is 2.35. The summed E-state index contributed by atoms with van der Waals surface area (Å²) in [5.74, 6) is -1.69. The summed E-state index contributed by atoms with van der Waals surface area (Å²) in [5.41, 5.74) is 7.03. The zero-order chi connectivity index (χ0) is 13.1. The molecular formula is C14H12ClF2N. The van der Waals surface area contributed by atoms with Crippen molar-refractivity contribution in [2.45, 2.75) is 12.5 Å². The molecule has 1 nitrogen and oxygen atoms in total. The highest BCUT2D eigenvalue weighted by atomic mass is 35.5. The van der Waals surface area contributed by atoms with Crippen LogP contribution in [0.4, 0.5) is 8.78 Å². The third kappa shape index (κ3) is 2.86. The number of hydrogen-bond donors (Lipinski definition) is 1. The highest BCUT2D eigenvalue weighted by Crippen LogP contribution is 2.21. The molecule has 0 bridgehead atoms. The maximum Gasteiger partial charge on any atom is 0.162 e. The second-order valence-corrected chi connectivity index (χ2v) is 4.52. The Morgan fingerprint density at radius 3 is 2.56 bits per heavy atom. The molecule has 2 N–H and O–H groups in total. The number of benzene rings is 2. The second-order valence-electron chi connectivity index (χ2n) is 4.08. The summed E-state index contributed by atoms with van der Waals surface area (Å²) in [7, 11) is 0. The normalized spacial score (nSPS) is 12.4. The summed E-state index contributed by atoms with van der Waals surface area (Å²) in [6, 6.07) is 10.7. The predicted molar refractivity (Wildman–Crippen MR) is 68.4 cm³/mol. The first-order valence-electron chi connectivity index (χ1n) is 5.52. The fourth-order valence-electron chi connectivity index (χ4n) is 1.80. The van der Waals surface area contributed by atoms with Crippen molar-refractivity contribution in [3.63, 3.8) is 0 Å². The lowest BCUT2D eigenvalue weighted by Crippen LogP contribution is -2.14. The second kappa shape index (κ2) is 5.46. The van der Waals surface area contributed by atoms with Crippen molar-refractivity contribution < 1.29 is 8.78 Å². The van der Waals surface area contributed by atoms with Gasteiger partial charge in [0.05, 0.1) is 0 Å². The fourth-order valence-corrected chi connectivity index (χ4v) is 2.00. The van der Waals surface area contributed by atoms with Crippen molar-refractivity contribution in [2.75, 3.05) is 0 Å². The first-order valence-corrected chi connectivity index (χ1v) is 5.89. The van der Waals surface area contributed by atoms with E-state index in [9.17, 15) is 8.78 Å². The molecule has 2 aromatic rings. The Morgan fingerprint density at radius 2 is 1.83 bits per heavy atom. The lowest BCUT2D eigenvalue weighted by Gasteiger charge is -2.13. The van der Waals surface area contributed by atoms with Crippen LogP contribution in [-0.4, -0.2) is 0 Å². The van der Waals surface area contributed by atoms with Crippen molar-refractivity contribution >= 4 is 11.6 Å². The van der Waals surface area contributed by atoms with E-state index in [1.165, 1.54) is 12.1 Å². The monoisotopic (exact) mass is 267 g/mol. The molecule has 18 heavy (non-hydrogen) atoms. The Bertz CT molecular complexity index is 557. The molecule has 4 heteroatoms. The SMILES string of the molecule is NC(Cc1cccc(F)c1F)c1cccc(Cl)c1. The van der Waals surface area contributed by atoms with E-state index in [1.54, 1.807) is 18.2 Å². The molecule has 0 radical (unpaired) electrons. The molecule has 2 rings (SSSR count). The Balaban J connectivity index is 2.21. The van der Waals surface area contributed by atoms with Crippen LogP contribution in [-0.2, 0) is 6.42 Å². The zero-order valence-corrected chi connectivity index (χ0v) is 10.3. The molecule has 0 aliphatic carbocycles. The lowest BCUT2D eigenvalue weighted by atomic mass is 9.99. The van der Waals surface area contributed by atoms with Gasteiger partial charge in [-0.05, 0) is 35.7 Å². The smallest absolute Gasteiger partial charge is 0.162 e. The molecule has 0 saturated carbocycles. The van der Waals surface area contributed by atoms with Crippen LogP contribution in [0.2, 0.25) is 5.02 Å². The van der Waals surface area contributed by atoms with Gasteiger partial charge in [-0.3, -0.25) is 0 Å². The van der Waals surface area contributed by atoms with E-state index in [-0.39, 0.29) is 12.0 Å². The summed E-state index contributed by atoms with van der Waals surface area (Å²) >= 11 is 5.86. The summed E-state index contributed by atoms with van der Waals surface area (Å²) in [5, 5.41) is 0.572. The van der Waals surface area contributed by atoms with Gasteiger partial charge in [-0.25, -0.2) is 8.78 Å². The van der Waals surface area contributed by atoms with Crippen LogP contribution < -0.4 is 5.73 Å². The van der Waals surface area contributed by atoms with Crippen LogP contribution in [0.3, 0.4) is 0 Å². The molecule has 0 saturated heterocycles. The van der Waals surface area contributed by atoms with Gasteiger partial charge in [0.15, 0.2) is 11.6 Å². The summed E-state index contributed by atoms with van der Waals surface area (Å²) in [4.78, 5) is 0. The quantitative estimate of drug-likeness (QED) is 0.898. The van der Waals surface area contributed by atoms with Crippen molar-refractivity contribution in [2.24, 2.45) is 5.73 Å². The maximum absolute atomic E-state index is 13.5. The highest BCUT2D eigenvalue weighted by Gasteiger charge is 2.13. The van der Waals surface area contributed by atoms with Gasteiger partial charge in [0.2, 0.25) is 0 Å². The number of halogens is 3. The number of rotatable bonds is 3. The van der Waals surface area contributed by atoms with Crippen molar-refractivity contribution in [1.82, 2.24) is 0 Å². The fraction of sp³-hybridized carbons (Fsp3) is 0.143. The van der Waals surface area contributed by atoms with Crippen LogP contribution in [0.5, 0.6) is 0 Å². The minimum absolute atomic E-state index is 0.226. The van der Waals surface area contributed by atoms with Gasteiger partial charge in [-0.1, -0.05) is 35.9 Å². The molecule has 1 atom stereocenters. The van der Waals surface area contributed by atoms with E-state index in [2.05, 4.69) is 0 Å². The lowest BCUT2D eigenvalue weighted by molar-refractivity contribution is 0.494. The molecule has 94 valence electrons. The van der Waals surface area contributed by atoms with Gasteiger partial charge in [0.25, 0.3) is 0 Å². The largest absolute Gasteiger partial charge is 0.324 e. The van der Waals surface area contributed by atoms with E-state index < -0.39 is 17.7 Å². The van der Waals surface area contributed by atoms with E-state index in [0.29, 0.717) is 5.02 Å². The third-order valence-corrected chi connectivity index (χ3v) is 2.98. The van der Waals surface area contributed by atoms with Crippen LogP contribution in [0, 0.1) is 11.6 Å². The molecule has 0 amide bonds. The van der Waals surface area contributed by atoms with Gasteiger partial charge in [0.1, 0.15) is 0 Å². The first-order chi connectivity index (χ1) is 8.58. The Morgan fingerprint density at radius 1 is 1.11 bits per heavy atom. The Labute approximate surface area is 109 Å². The van der Waals surface area contributed by atoms with E-state index in [1.807, 2.05) is 6.07 Å². The molecule has 0 spiro atoms. The number of nitrogens with two attached hydrogens (primary N) is 1. The minimum Gasteiger partial charge on any atom is -0.324 e. The Kier molecular flexibility index (Phi) is 3.94. The van der Waals surface area contributed by atoms with Crippen molar-refractivity contribution in [3.05, 3.63) is 70.2 Å². The molecule has 0 aliphatic rings. The number of hydrogen-bond acceptors (Lipinski definition) is 1. The van der Waals surface area contributed by atoms with E-state index in [0.717, 1.165) is 11.6 Å². The van der Waals surface area contributed by atoms with E-state index in [4.69, 9.17) is 17.3 Å². The molecule has 0 heterocycles. The van der Waals surface area contributed by atoms with Gasteiger partial charge in [-0.2, -0.15) is 0 Å². The topological polar surface area (TPSA) is 26.0 Å². The maximum atomic E-state index is 13.5. The first kappa shape index (κ1) is 13.0. The van der Waals surface area contributed by atoms with Gasteiger partial charge < -0.3 is 5.73 Å². The molecule has 0 aliphatic heterocycles. The van der Waals surface area contributed by atoms with Gasteiger partial charge in [-0.15, -0.1) is 0 Å². The summed E-state index contributed by atoms with van der Waals surface area (Å²) < 4.78 is 26.6. The molecule has 0 aromatic heterocycles. The van der Waals surface area contributed by atoms with Crippen LogP contribution in [0.1, 0.15) is 17.2 Å². The van der Waals surface area contributed by atoms with Crippen molar-refractivity contribution in [1.29, 1.82) is 0 Å². The zero-order valence-electron chi connectivity index (χ0n) is 9.54. The van der Waals surface area contributed by atoms with Gasteiger partial charge >= 0.3 is 0 Å². The van der Waals surface area contributed by atoms with Crippen LogP contribution in [0.15, 0.2) is 42.5 Å². The summed E-state index contributed by atoms with van der Waals surface area (Å²) in [6.07, 6.45) is 0.226. The van der Waals surface area contributed by atoms with Crippen LogP contribution >= 0.6 is 11.6 Å². The molecule has 2 aromatic carbocycles. The van der Waals surface area contributed by atoms with Gasteiger partial charge in [0, 0.05) is 11.1 Å². The summed E-state index contributed by atoms with van der Waals surface area (Å²) in [6.45, 7) is 0. The third-order valence-electron chi connectivity index (χ3n) is 2.75.